The first-order valence-electron chi connectivity index (χ1n) is 8.63. The summed E-state index contributed by atoms with van der Waals surface area (Å²) in [6.07, 6.45) is 2.61. The number of nitrogens with zero attached hydrogens (tertiary/aromatic N) is 1. The number of amides is 2. The first kappa shape index (κ1) is 19.5. The van der Waals surface area contributed by atoms with Gasteiger partial charge in [-0.25, -0.2) is 4.79 Å². The van der Waals surface area contributed by atoms with Gasteiger partial charge in [0.25, 0.3) is 0 Å². The molecule has 0 fully saturated rings. The van der Waals surface area contributed by atoms with E-state index in [0.717, 1.165) is 22.0 Å². The standard InChI is InChI=1S/C19H25N3O4/c1-12-4-6-17-16(10-12)15(11-21-17)5-7-18(24)22(13(2)19(25)26)9-8-20-14(3)23/h4,6,10-11,13,21H,5,7-9H2,1-3H3,(H,20,23)(H,25,26). The van der Waals surface area contributed by atoms with Gasteiger partial charge in [0.05, 0.1) is 0 Å². The molecule has 0 radical (unpaired) electrons. The number of hydrogen-bond donors (Lipinski definition) is 3. The quantitative estimate of drug-likeness (QED) is 0.669. The molecule has 0 saturated carbocycles. The van der Waals surface area contributed by atoms with Crippen molar-refractivity contribution in [2.24, 2.45) is 0 Å². The van der Waals surface area contributed by atoms with Gasteiger partial charge in [-0.2, -0.15) is 0 Å². The molecule has 0 aliphatic carbocycles. The molecule has 1 heterocycles. The van der Waals surface area contributed by atoms with Crippen molar-refractivity contribution in [1.29, 1.82) is 0 Å². The number of carbonyl (C=O) groups is 3. The second-order valence-corrected chi connectivity index (χ2v) is 6.45. The van der Waals surface area contributed by atoms with Crippen molar-refractivity contribution in [3.8, 4) is 0 Å². The summed E-state index contributed by atoms with van der Waals surface area (Å²) < 4.78 is 0. The zero-order chi connectivity index (χ0) is 19.3. The van der Waals surface area contributed by atoms with E-state index in [-0.39, 0.29) is 31.3 Å². The fraction of sp³-hybridized carbons (Fsp3) is 0.421. The molecule has 1 aromatic carbocycles. The first-order chi connectivity index (χ1) is 12.3. The number of aryl methyl sites for hydroxylation is 2. The highest BCUT2D eigenvalue weighted by Gasteiger charge is 2.25. The smallest absolute Gasteiger partial charge is 0.326 e. The molecule has 0 saturated heterocycles. The number of carboxylic acid groups (broad SMARTS) is 1. The Morgan fingerprint density at radius 1 is 1.31 bits per heavy atom. The Hall–Kier alpha value is -2.83. The Morgan fingerprint density at radius 2 is 2.04 bits per heavy atom. The van der Waals surface area contributed by atoms with E-state index in [9.17, 15) is 19.5 Å². The highest BCUT2D eigenvalue weighted by molar-refractivity contribution is 5.86. The van der Waals surface area contributed by atoms with Crippen LogP contribution in [0.4, 0.5) is 0 Å². The molecule has 1 aromatic heterocycles. The maximum atomic E-state index is 12.6. The lowest BCUT2D eigenvalue weighted by molar-refractivity contribution is -0.149. The third-order valence-corrected chi connectivity index (χ3v) is 4.40. The van der Waals surface area contributed by atoms with E-state index in [1.165, 1.54) is 18.7 Å². The van der Waals surface area contributed by atoms with Crippen LogP contribution in [0.5, 0.6) is 0 Å². The molecule has 2 amide bonds. The van der Waals surface area contributed by atoms with Crippen LogP contribution in [0.3, 0.4) is 0 Å². The Labute approximate surface area is 152 Å². The summed E-state index contributed by atoms with van der Waals surface area (Å²) in [7, 11) is 0. The summed E-state index contributed by atoms with van der Waals surface area (Å²) >= 11 is 0. The number of carboxylic acids is 1. The zero-order valence-electron chi connectivity index (χ0n) is 15.3. The van der Waals surface area contributed by atoms with Crippen LogP contribution in [0.2, 0.25) is 0 Å². The fourth-order valence-corrected chi connectivity index (χ4v) is 2.90. The SMILES string of the molecule is CC(=O)NCCN(C(=O)CCc1c[nH]c2ccc(C)cc12)C(C)C(=O)O. The fourth-order valence-electron chi connectivity index (χ4n) is 2.90. The second-order valence-electron chi connectivity index (χ2n) is 6.45. The van der Waals surface area contributed by atoms with Crippen molar-refractivity contribution in [1.82, 2.24) is 15.2 Å². The summed E-state index contributed by atoms with van der Waals surface area (Å²) in [5, 5.41) is 12.9. The van der Waals surface area contributed by atoms with Crippen LogP contribution in [-0.4, -0.2) is 51.9 Å². The van der Waals surface area contributed by atoms with Gasteiger partial charge in [0.1, 0.15) is 6.04 Å². The summed E-state index contributed by atoms with van der Waals surface area (Å²) in [5.41, 5.74) is 3.18. The summed E-state index contributed by atoms with van der Waals surface area (Å²) in [4.78, 5) is 39.4. The number of fused-ring (bicyclic) bond motifs is 1. The molecule has 1 atom stereocenters. The minimum atomic E-state index is -1.07. The average Bonchev–Trinajstić information content (AvgIpc) is 2.97. The number of H-pyrrole nitrogens is 1. The van der Waals surface area contributed by atoms with Crippen molar-refractivity contribution in [2.75, 3.05) is 13.1 Å². The number of benzene rings is 1. The van der Waals surface area contributed by atoms with Crippen molar-refractivity contribution < 1.29 is 19.5 Å². The van der Waals surface area contributed by atoms with Gasteiger partial charge in [-0.1, -0.05) is 11.6 Å². The molecule has 0 bridgehead atoms. The molecule has 2 rings (SSSR count). The van der Waals surface area contributed by atoms with Gasteiger partial charge in [0.2, 0.25) is 11.8 Å². The molecular formula is C19H25N3O4. The number of carbonyl (C=O) groups excluding carboxylic acids is 2. The summed E-state index contributed by atoms with van der Waals surface area (Å²) in [6, 6.07) is 5.15. The molecular weight excluding hydrogens is 334 g/mol. The summed E-state index contributed by atoms with van der Waals surface area (Å²) in [6.45, 7) is 5.26. The van der Waals surface area contributed by atoms with E-state index < -0.39 is 12.0 Å². The van der Waals surface area contributed by atoms with Crippen LogP contribution in [-0.2, 0) is 20.8 Å². The Bertz CT molecular complexity index is 812. The van der Waals surface area contributed by atoms with E-state index >= 15 is 0 Å². The number of aromatic amines is 1. The van der Waals surface area contributed by atoms with E-state index in [2.05, 4.69) is 16.4 Å². The zero-order valence-corrected chi connectivity index (χ0v) is 15.3. The Kier molecular flexibility index (Phi) is 6.38. The molecule has 3 N–H and O–H groups in total. The maximum absolute atomic E-state index is 12.6. The minimum absolute atomic E-state index is 0.166. The molecule has 7 heteroatoms. The maximum Gasteiger partial charge on any atom is 0.326 e. The van der Waals surface area contributed by atoms with Crippen LogP contribution < -0.4 is 5.32 Å². The molecule has 2 aromatic rings. The summed E-state index contributed by atoms with van der Waals surface area (Å²) in [5.74, 6) is -1.52. The third-order valence-electron chi connectivity index (χ3n) is 4.40. The topological polar surface area (TPSA) is 103 Å². The van der Waals surface area contributed by atoms with Gasteiger partial charge in [-0.05, 0) is 38.0 Å². The molecule has 140 valence electrons. The number of aliphatic carboxylic acids is 1. The molecule has 7 nitrogen and oxygen atoms in total. The van der Waals surface area contributed by atoms with Gasteiger partial charge < -0.3 is 20.3 Å². The van der Waals surface area contributed by atoms with Crippen molar-refractivity contribution in [3.05, 3.63) is 35.5 Å². The second kappa shape index (κ2) is 8.51. The van der Waals surface area contributed by atoms with E-state index in [0.29, 0.717) is 6.42 Å². The first-order valence-corrected chi connectivity index (χ1v) is 8.63. The lowest BCUT2D eigenvalue weighted by Gasteiger charge is -2.26. The minimum Gasteiger partial charge on any atom is -0.480 e. The highest BCUT2D eigenvalue weighted by Crippen LogP contribution is 2.21. The van der Waals surface area contributed by atoms with Crippen molar-refractivity contribution in [3.63, 3.8) is 0 Å². The molecule has 1 unspecified atom stereocenters. The Balaban J connectivity index is 2.06. The van der Waals surface area contributed by atoms with Crippen LogP contribution in [0.1, 0.15) is 31.4 Å². The van der Waals surface area contributed by atoms with E-state index in [1.807, 2.05) is 25.3 Å². The van der Waals surface area contributed by atoms with Gasteiger partial charge in [-0.15, -0.1) is 0 Å². The monoisotopic (exact) mass is 359 g/mol. The Morgan fingerprint density at radius 3 is 2.69 bits per heavy atom. The van der Waals surface area contributed by atoms with Crippen LogP contribution in [0.25, 0.3) is 10.9 Å². The highest BCUT2D eigenvalue weighted by atomic mass is 16.4. The molecule has 0 spiro atoms. The lowest BCUT2D eigenvalue weighted by atomic mass is 10.1. The number of rotatable bonds is 8. The molecule has 26 heavy (non-hydrogen) atoms. The van der Waals surface area contributed by atoms with E-state index in [4.69, 9.17) is 0 Å². The van der Waals surface area contributed by atoms with Gasteiger partial charge in [0.15, 0.2) is 0 Å². The van der Waals surface area contributed by atoms with Crippen molar-refractivity contribution in [2.45, 2.75) is 39.7 Å². The predicted molar refractivity (Wildman–Crippen MR) is 98.9 cm³/mol. The number of hydrogen-bond acceptors (Lipinski definition) is 3. The van der Waals surface area contributed by atoms with Crippen LogP contribution in [0.15, 0.2) is 24.4 Å². The predicted octanol–water partition coefficient (Wildman–Crippen LogP) is 1.85. The van der Waals surface area contributed by atoms with Crippen LogP contribution >= 0.6 is 0 Å². The van der Waals surface area contributed by atoms with Gasteiger partial charge >= 0.3 is 5.97 Å². The lowest BCUT2D eigenvalue weighted by Crippen LogP contribution is -2.46. The number of aromatic nitrogens is 1. The third kappa shape index (κ3) is 4.84. The molecule has 0 aliphatic rings. The largest absolute Gasteiger partial charge is 0.480 e. The average molecular weight is 359 g/mol. The van der Waals surface area contributed by atoms with Gasteiger partial charge in [-0.3, -0.25) is 9.59 Å². The van der Waals surface area contributed by atoms with E-state index in [1.54, 1.807) is 0 Å². The van der Waals surface area contributed by atoms with Crippen LogP contribution in [0, 0.1) is 6.92 Å². The normalized spacial score (nSPS) is 12.0. The molecule has 0 aliphatic heterocycles. The van der Waals surface area contributed by atoms with Crippen molar-refractivity contribution >= 4 is 28.7 Å². The number of nitrogens with one attached hydrogen (secondary N) is 2. The van der Waals surface area contributed by atoms with Gasteiger partial charge in [0, 0.05) is 43.5 Å².